The van der Waals surface area contributed by atoms with Crippen LogP contribution in [0.4, 0.5) is 0 Å². The molecule has 1 N–H and O–H groups in total. The number of hydrogen-bond donors (Lipinski definition) is 1. The smallest absolute Gasteiger partial charge is 0.162 e. The fourth-order valence-corrected chi connectivity index (χ4v) is 1.97. The van der Waals surface area contributed by atoms with Crippen LogP contribution in [-0.2, 0) is 4.74 Å². The SMILES string of the molecule is CCCCCCCCCCC(C)(O)OCC. The first-order valence-electron chi connectivity index (χ1n) is 6.98. The molecule has 2 nitrogen and oxygen atoms in total. The molecule has 2 heteroatoms. The van der Waals surface area contributed by atoms with Crippen molar-refractivity contribution < 1.29 is 9.84 Å². The lowest BCUT2D eigenvalue weighted by Crippen LogP contribution is -2.27. The fourth-order valence-electron chi connectivity index (χ4n) is 1.97. The third-order valence-corrected chi connectivity index (χ3v) is 2.95. The molecule has 0 amide bonds. The molecule has 0 aromatic carbocycles. The molecule has 0 aromatic heterocycles. The zero-order chi connectivity index (χ0) is 12.3. The van der Waals surface area contributed by atoms with Gasteiger partial charge in [-0.3, -0.25) is 0 Å². The van der Waals surface area contributed by atoms with Crippen LogP contribution in [0.5, 0.6) is 0 Å². The van der Waals surface area contributed by atoms with Crippen molar-refractivity contribution in [2.45, 2.75) is 84.3 Å². The first kappa shape index (κ1) is 15.9. The lowest BCUT2D eigenvalue weighted by Gasteiger charge is -2.22. The van der Waals surface area contributed by atoms with E-state index in [-0.39, 0.29) is 0 Å². The Hall–Kier alpha value is -0.0800. The Balaban J connectivity index is 3.20. The van der Waals surface area contributed by atoms with Gasteiger partial charge >= 0.3 is 0 Å². The highest BCUT2D eigenvalue weighted by atomic mass is 16.6. The maximum atomic E-state index is 9.76. The van der Waals surface area contributed by atoms with Gasteiger partial charge in [0.05, 0.1) is 0 Å². The van der Waals surface area contributed by atoms with Crippen LogP contribution in [-0.4, -0.2) is 17.5 Å². The van der Waals surface area contributed by atoms with E-state index in [1.54, 1.807) is 6.92 Å². The van der Waals surface area contributed by atoms with Crippen molar-refractivity contribution in [3.05, 3.63) is 0 Å². The van der Waals surface area contributed by atoms with Gasteiger partial charge < -0.3 is 9.84 Å². The Bertz CT molecular complexity index is 144. The number of aliphatic hydroxyl groups is 1. The monoisotopic (exact) mass is 230 g/mol. The van der Waals surface area contributed by atoms with Gasteiger partial charge in [-0.1, -0.05) is 51.9 Å². The minimum atomic E-state index is -0.906. The summed E-state index contributed by atoms with van der Waals surface area (Å²) in [4.78, 5) is 0. The lowest BCUT2D eigenvalue weighted by molar-refractivity contribution is -0.191. The van der Waals surface area contributed by atoms with Gasteiger partial charge in [-0.2, -0.15) is 0 Å². The van der Waals surface area contributed by atoms with E-state index in [9.17, 15) is 5.11 Å². The minimum Gasteiger partial charge on any atom is -0.366 e. The predicted molar refractivity (Wildman–Crippen MR) is 69.5 cm³/mol. The Morgan fingerprint density at radius 2 is 1.38 bits per heavy atom. The Kier molecular flexibility index (Phi) is 10.0. The topological polar surface area (TPSA) is 29.5 Å². The summed E-state index contributed by atoms with van der Waals surface area (Å²) in [6, 6.07) is 0. The summed E-state index contributed by atoms with van der Waals surface area (Å²) in [5.74, 6) is -0.906. The highest BCUT2D eigenvalue weighted by Gasteiger charge is 2.18. The molecule has 0 saturated carbocycles. The second-order valence-electron chi connectivity index (χ2n) is 4.83. The summed E-state index contributed by atoms with van der Waals surface area (Å²) in [6.07, 6.45) is 11.1. The molecular formula is C14H30O2. The number of ether oxygens (including phenoxy) is 1. The predicted octanol–water partition coefficient (Wildman–Crippen LogP) is 4.26. The molecule has 1 atom stereocenters. The van der Waals surface area contributed by atoms with Crippen molar-refractivity contribution in [2.75, 3.05) is 6.61 Å². The van der Waals surface area contributed by atoms with Crippen LogP contribution in [0.3, 0.4) is 0 Å². The molecule has 0 spiro atoms. The van der Waals surface area contributed by atoms with Crippen molar-refractivity contribution in [1.82, 2.24) is 0 Å². The zero-order valence-corrected chi connectivity index (χ0v) is 11.4. The molecule has 0 aliphatic rings. The Morgan fingerprint density at radius 1 is 0.875 bits per heavy atom. The van der Waals surface area contributed by atoms with Crippen molar-refractivity contribution in [3.63, 3.8) is 0 Å². The van der Waals surface area contributed by atoms with E-state index in [4.69, 9.17) is 4.74 Å². The van der Waals surface area contributed by atoms with E-state index in [2.05, 4.69) is 6.92 Å². The van der Waals surface area contributed by atoms with Crippen LogP contribution < -0.4 is 0 Å². The average molecular weight is 230 g/mol. The summed E-state index contributed by atoms with van der Waals surface area (Å²) in [6.45, 7) is 6.51. The average Bonchev–Trinajstić information content (AvgIpc) is 2.22. The Labute approximate surface area is 101 Å². The third kappa shape index (κ3) is 10.4. The van der Waals surface area contributed by atoms with E-state index in [1.807, 2.05) is 6.92 Å². The van der Waals surface area contributed by atoms with Crippen molar-refractivity contribution in [3.8, 4) is 0 Å². The van der Waals surface area contributed by atoms with Gasteiger partial charge in [-0.05, 0) is 20.3 Å². The number of hydrogen-bond acceptors (Lipinski definition) is 2. The summed E-state index contributed by atoms with van der Waals surface area (Å²) >= 11 is 0. The molecule has 0 fully saturated rings. The normalized spacial score (nSPS) is 15.0. The highest BCUT2D eigenvalue weighted by molar-refractivity contribution is 4.59. The van der Waals surface area contributed by atoms with E-state index < -0.39 is 5.79 Å². The standard InChI is InChI=1S/C14H30O2/c1-4-6-7-8-9-10-11-12-13-14(3,15)16-5-2/h15H,4-13H2,1-3H3. The van der Waals surface area contributed by atoms with Crippen molar-refractivity contribution in [1.29, 1.82) is 0 Å². The van der Waals surface area contributed by atoms with Gasteiger partial charge in [0.15, 0.2) is 5.79 Å². The lowest BCUT2D eigenvalue weighted by atomic mass is 10.0. The number of unbranched alkanes of at least 4 members (excludes halogenated alkanes) is 7. The van der Waals surface area contributed by atoms with Crippen LogP contribution in [0.2, 0.25) is 0 Å². The van der Waals surface area contributed by atoms with E-state index in [1.165, 1.54) is 44.9 Å². The molecule has 0 rings (SSSR count). The molecule has 98 valence electrons. The summed E-state index contributed by atoms with van der Waals surface area (Å²) < 4.78 is 5.24. The molecule has 0 aromatic rings. The van der Waals surface area contributed by atoms with Crippen molar-refractivity contribution >= 4 is 0 Å². The van der Waals surface area contributed by atoms with Gasteiger partial charge in [0.2, 0.25) is 0 Å². The zero-order valence-electron chi connectivity index (χ0n) is 11.4. The third-order valence-electron chi connectivity index (χ3n) is 2.95. The number of rotatable bonds is 11. The minimum absolute atomic E-state index is 0.587. The fraction of sp³-hybridized carbons (Fsp3) is 1.00. The largest absolute Gasteiger partial charge is 0.366 e. The van der Waals surface area contributed by atoms with Gasteiger partial charge in [-0.25, -0.2) is 0 Å². The Morgan fingerprint density at radius 3 is 1.88 bits per heavy atom. The second-order valence-corrected chi connectivity index (χ2v) is 4.83. The molecular weight excluding hydrogens is 200 g/mol. The van der Waals surface area contributed by atoms with Crippen LogP contribution in [0, 0.1) is 0 Å². The quantitative estimate of drug-likeness (QED) is 0.424. The first-order chi connectivity index (χ1) is 7.62. The molecule has 16 heavy (non-hydrogen) atoms. The molecule has 0 bridgehead atoms. The molecule has 0 radical (unpaired) electrons. The molecule has 0 aliphatic heterocycles. The van der Waals surface area contributed by atoms with Gasteiger partial charge in [0, 0.05) is 13.0 Å². The summed E-state index contributed by atoms with van der Waals surface area (Å²) in [5.41, 5.74) is 0. The van der Waals surface area contributed by atoms with Gasteiger partial charge in [-0.15, -0.1) is 0 Å². The van der Waals surface area contributed by atoms with Crippen LogP contribution in [0.15, 0.2) is 0 Å². The van der Waals surface area contributed by atoms with E-state index in [0.29, 0.717) is 6.61 Å². The van der Waals surface area contributed by atoms with Crippen LogP contribution in [0.1, 0.15) is 78.6 Å². The highest BCUT2D eigenvalue weighted by Crippen LogP contribution is 2.17. The first-order valence-corrected chi connectivity index (χ1v) is 6.98. The van der Waals surface area contributed by atoms with Gasteiger partial charge in [0.1, 0.15) is 0 Å². The second kappa shape index (κ2) is 10.1. The maximum absolute atomic E-state index is 9.76. The van der Waals surface area contributed by atoms with Gasteiger partial charge in [0.25, 0.3) is 0 Å². The molecule has 1 unspecified atom stereocenters. The molecule has 0 heterocycles. The summed E-state index contributed by atoms with van der Waals surface area (Å²) in [5, 5.41) is 9.76. The van der Waals surface area contributed by atoms with E-state index in [0.717, 1.165) is 12.8 Å². The maximum Gasteiger partial charge on any atom is 0.162 e. The molecule has 0 saturated heterocycles. The molecule has 0 aliphatic carbocycles. The van der Waals surface area contributed by atoms with Crippen LogP contribution in [0.25, 0.3) is 0 Å². The van der Waals surface area contributed by atoms with Crippen molar-refractivity contribution in [2.24, 2.45) is 0 Å². The summed E-state index contributed by atoms with van der Waals surface area (Å²) in [7, 11) is 0. The van der Waals surface area contributed by atoms with Crippen LogP contribution >= 0.6 is 0 Å². The van der Waals surface area contributed by atoms with E-state index >= 15 is 0 Å².